The second-order valence-electron chi connectivity index (χ2n) is 6.27. The maximum Gasteiger partial charge on any atom is 0.338 e. The Kier molecular flexibility index (Phi) is 5.06. The highest BCUT2D eigenvalue weighted by Crippen LogP contribution is 2.36. The third-order valence-electron chi connectivity index (χ3n) is 4.84. The molecule has 0 aliphatic carbocycles. The average molecular weight is 356 g/mol. The number of anilines is 1. The first-order valence-corrected chi connectivity index (χ1v) is 8.41. The van der Waals surface area contributed by atoms with Crippen molar-refractivity contribution in [2.75, 3.05) is 25.1 Å². The number of methoxy groups -OCH3 is 1. The van der Waals surface area contributed by atoms with Gasteiger partial charge in [-0.05, 0) is 36.5 Å². The van der Waals surface area contributed by atoms with Crippen LogP contribution in [0.25, 0.3) is 0 Å². The van der Waals surface area contributed by atoms with Crippen LogP contribution in [0.2, 0.25) is 0 Å². The number of non-ortho nitro benzene ring substituents is 1. The maximum absolute atomic E-state index is 11.5. The summed E-state index contributed by atoms with van der Waals surface area (Å²) in [6.45, 7) is 1.36. The lowest BCUT2D eigenvalue weighted by Crippen LogP contribution is -2.34. The van der Waals surface area contributed by atoms with Gasteiger partial charge in [0, 0.05) is 25.2 Å². The number of hydrogen-bond acceptors (Lipinski definition) is 5. The van der Waals surface area contributed by atoms with Crippen LogP contribution in [0.4, 0.5) is 11.4 Å². The fraction of sp³-hybridized carbons (Fsp3) is 0.316. The second kappa shape index (κ2) is 7.43. The Hall–Kier alpha value is -3.09. The Morgan fingerprint density at radius 1 is 1.23 bits per heavy atom. The van der Waals surface area contributed by atoms with E-state index >= 15 is 0 Å². The first-order valence-electron chi connectivity index (χ1n) is 8.41. The van der Waals surface area contributed by atoms with E-state index in [9.17, 15) is 20.0 Å². The predicted octanol–water partition coefficient (Wildman–Crippen LogP) is 3.69. The third-order valence-corrected chi connectivity index (χ3v) is 4.84. The van der Waals surface area contributed by atoms with Gasteiger partial charge in [0.05, 0.1) is 23.3 Å². The zero-order valence-electron chi connectivity index (χ0n) is 14.4. The van der Waals surface area contributed by atoms with Crippen LogP contribution in [0.1, 0.15) is 34.7 Å². The van der Waals surface area contributed by atoms with Crippen LogP contribution in [0.15, 0.2) is 42.5 Å². The van der Waals surface area contributed by atoms with Gasteiger partial charge < -0.3 is 14.7 Å². The molecule has 136 valence electrons. The molecule has 3 rings (SSSR count). The van der Waals surface area contributed by atoms with Gasteiger partial charge in [-0.2, -0.15) is 0 Å². The Morgan fingerprint density at radius 3 is 2.54 bits per heavy atom. The Balaban J connectivity index is 1.80. The van der Waals surface area contributed by atoms with E-state index in [1.165, 1.54) is 12.1 Å². The van der Waals surface area contributed by atoms with E-state index in [1.54, 1.807) is 7.11 Å². The third kappa shape index (κ3) is 3.46. The van der Waals surface area contributed by atoms with E-state index < -0.39 is 10.9 Å². The number of nitrogens with zero attached hydrogens (tertiary/aromatic N) is 2. The fourth-order valence-electron chi connectivity index (χ4n) is 3.52. The second-order valence-corrected chi connectivity index (χ2v) is 6.27. The number of hydrogen-bond donors (Lipinski definition) is 1. The van der Waals surface area contributed by atoms with Crippen molar-refractivity contribution in [3.63, 3.8) is 0 Å². The van der Waals surface area contributed by atoms with Gasteiger partial charge in [0.15, 0.2) is 0 Å². The molecule has 1 aliphatic rings. The van der Waals surface area contributed by atoms with Gasteiger partial charge in [-0.25, -0.2) is 4.79 Å². The minimum Gasteiger partial charge on any atom is -0.496 e. The summed E-state index contributed by atoms with van der Waals surface area (Å²) in [5.74, 6) is 0.0526. The van der Waals surface area contributed by atoms with Crippen molar-refractivity contribution in [1.29, 1.82) is 0 Å². The SMILES string of the molecule is COc1ccccc1C1CCN(c2ccc([N+](=O)[O-])cc2C(=O)O)CC1. The Labute approximate surface area is 151 Å². The maximum atomic E-state index is 11.5. The molecule has 2 aromatic rings. The summed E-state index contributed by atoms with van der Waals surface area (Å²) >= 11 is 0. The molecule has 0 spiro atoms. The summed E-state index contributed by atoms with van der Waals surface area (Å²) in [6, 6.07) is 12.0. The van der Waals surface area contributed by atoms with Crippen LogP contribution in [-0.4, -0.2) is 36.2 Å². The molecule has 0 saturated carbocycles. The number of benzene rings is 2. The van der Waals surface area contributed by atoms with E-state index in [4.69, 9.17) is 4.74 Å². The van der Waals surface area contributed by atoms with Crippen molar-refractivity contribution < 1.29 is 19.6 Å². The van der Waals surface area contributed by atoms with Crippen molar-refractivity contribution in [2.45, 2.75) is 18.8 Å². The molecule has 26 heavy (non-hydrogen) atoms. The molecule has 0 aromatic heterocycles. The number of ether oxygens (including phenoxy) is 1. The van der Waals surface area contributed by atoms with Crippen molar-refractivity contribution in [3.05, 3.63) is 63.7 Å². The van der Waals surface area contributed by atoms with Crippen LogP contribution in [0.5, 0.6) is 5.75 Å². The summed E-state index contributed by atoms with van der Waals surface area (Å²) in [5.41, 5.74) is 1.45. The summed E-state index contributed by atoms with van der Waals surface area (Å²) in [6.07, 6.45) is 1.72. The number of rotatable bonds is 5. The Bertz CT molecular complexity index is 828. The minimum atomic E-state index is -1.16. The molecular formula is C19H20N2O5. The van der Waals surface area contributed by atoms with Crippen LogP contribution >= 0.6 is 0 Å². The number of para-hydroxylation sites is 1. The standard InChI is InChI=1S/C19H20N2O5/c1-26-18-5-3-2-4-15(18)13-8-10-20(11-9-13)17-7-6-14(21(24)25)12-16(17)19(22)23/h2-7,12-13H,8-11H2,1H3,(H,22,23). The van der Waals surface area contributed by atoms with E-state index in [0.717, 1.165) is 30.2 Å². The van der Waals surface area contributed by atoms with E-state index in [1.807, 2.05) is 23.1 Å². The molecule has 0 unspecified atom stereocenters. The van der Waals surface area contributed by atoms with Crippen molar-refractivity contribution in [2.24, 2.45) is 0 Å². The monoisotopic (exact) mass is 356 g/mol. The summed E-state index contributed by atoms with van der Waals surface area (Å²) in [4.78, 5) is 23.9. The van der Waals surface area contributed by atoms with E-state index in [-0.39, 0.29) is 11.3 Å². The molecule has 1 aliphatic heterocycles. The molecular weight excluding hydrogens is 336 g/mol. The Morgan fingerprint density at radius 2 is 1.92 bits per heavy atom. The molecule has 7 nitrogen and oxygen atoms in total. The van der Waals surface area contributed by atoms with Crippen molar-refractivity contribution >= 4 is 17.3 Å². The topological polar surface area (TPSA) is 92.9 Å². The first-order chi connectivity index (χ1) is 12.5. The van der Waals surface area contributed by atoms with Crippen molar-refractivity contribution in [3.8, 4) is 5.75 Å². The van der Waals surface area contributed by atoms with Gasteiger partial charge in [0.25, 0.3) is 5.69 Å². The number of nitro benzene ring substituents is 1. The van der Waals surface area contributed by atoms with E-state index in [0.29, 0.717) is 24.7 Å². The number of nitro groups is 1. The zero-order valence-corrected chi connectivity index (χ0v) is 14.4. The van der Waals surface area contributed by atoms with Gasteiger partial charge >= 0.3 is 5.97 Å². The number of carbonyl (C=O) groups is 1. The molecule has 1 heterocycles. The van der Waals surface area contributed by atoms with Gasteiger partial charge in [-0.15, -0.1) is 0 Å². The van der Waals surface area contributed by atoms with Crippen LogP contribution in [0, 0.1) is 10.1 Å². The van der Waals surface area contributed by atoms with Crippen LogP contribution in [0.3, 0.4) is 0 Å². The highest BCUT2D eigenvalue weighted by Gasteiger charge is 2.26. The summed E-state index contributed by atoms with van der Waals surface area (Å²) in [7, 11) is 1.66. The molecule has 0 bridgehead atoms. The fourth-order valence-corrected chi connectivity index (χ4v) is 3.52. The normalized spacial score (nSPS) is 14.9. The number of piperidine rings is 1. The smallest absolute Gasteiger partial charge is 0.338 e. The number of aromatic carboxylic acids is 1. The van der Waals surface area contributed by atoms with Crippen LogP contribution < -0.4 is 9.64 Å². The van der Waals surface area contributed by atoms with E-state index in [2.05, 4.69) is 6.07 Å². The van der Waals surface area contributed by atoms with Gasteiger partial charge in [0.2, 0.25) is 0 Å². The average Bonchev–Trinajstić information content (AvgIpc) is 2.67. The molecule has 1 fully saturated rings. The molecule has 7 heteroatoms. The van der Waals surface area contributed by atoms with Gasteiger partial charge in [-0.1, -0.05) is 18.2 Å². The molecule has 0 radical (unpaired) electrons. The largest absolute Gasteiger partial charge is 0.496 e. The summed E-state index contributed by atoms with van der Waals surface area (Å²) in [5, 5.41) is 20.3. The first kappa shape index (κ1) is 17.7. The number of carboxylic acids is 1. The van der Waals surface area contributed by atoms with Crippen LogP contribution in [-0.2, 0) is 0 Å². The predicted molar refractivity (Wildman–Crippen MR) is 97.2 cm³/mol. The van der Waals surface area contributed by atoms with Crippen molar-refractivity contribution in [1.82, 2.24) is 0 Å². The summed E-state index contributed by atoms with van der Waals surface area (Å²) < 4.78 is 5.44. The van der Waals surface area contributed by atoms with Gasteiger partial charge in [0.1, 0.15) is 5.75 Å². The quantitative estimate of drug-likeness (QED) is 0.649. The molecule has 2 aromatic carbocycles. The highest BCUT2D eigenvalue weighted by atomic mass is 16.6. The molecule has 1 saturated heterocycles. The molecule has 1 N–H and O–H groups in total. The highest BCUT2D eigenvalue weighted by molar-refractivity contribution is 5.95. The zero-order chi connectivity index (χ0) is 18.7. The lowest BCUT2D eigenvalue weighted by molar-refractivity contribution is -0.384. The lowest BCUT2D eigenvalue weighted by atomic mass is 9.88. The lowest BCUT2D eigenvalue weighted by Gasteiger charge is -2.34. The van der Waals surface area contributed by atoms with Gasteiger partial charge in [-0.3, -0.25) is 10.1 Å². The molecule has 0 atom stereocenters. The number of carboxylic acid groups (broad SMARTS) is 1. The molecule has 0 amide bonds. The minimum absolute atomic E-state index is 0.0325.